The number of thioether (sulfide) groups is 1. The van der Waals surface area contributed by atoms with Crippen LogP contribution in [-0.2, 0) is 30.4 Å². The zero-order chi connectivity index (χ0) is 53.1. The molecule has 10 rings (SSSR count). The molecule has 4 amide bonds. The zero-order valence-electron chi connectivity index (χ0n) is 45.6. The number of piperidine rings is 1. The second-order valence-electron chi connectivity index (χ2n) is 23.7. The number of likely N-dealkylation sites (N-methyl/N-ethyl adjacent to an activating group) is 2. The van der Waals surface area contributed by atoms with Crippen LogP contribution in [0.4, 0.5) is 4.79 Å². The molecule has 7 aliphatic rings. The first-order valence-electron chi connectivity index (χ1n) is 27.4. The topological polar surface area (TPSA) is 168 Å². The van der Waals surface area contributed by atoms with E-state index in [1.54, 1.807) is 30.1 Å². The quantitative estimate of drug-likeness (QED) is 0.132. The second-order valence-corrected chi connectivity index (χ2v) is 25.2. The van der Waals surface area contributed by atoms with Crippen molar-refractivity contribution in [3.63, 3.8) is 0 Å². The number of nitrogens with one attached hydrogen (secondary N) is 2. The summed E-state index contributed by atoms with van der Waals surface area (Å²) < 4.78 is 14.3. The lowest BCUT2D eigenvalue weighted by molar-refractivity contribution is -0.157. The van der Waals surface area contributed by atoms with Gasteiger partial charge in [-0.1, -0.05) is 45.9 Å². The van der Waals surface area contributed by atoms with Gasteiger partial charge in [0.15, 0.2) is 0 Å². The Bertz CT molecular complexity index is 2730. The first kappa shape index (κ1) is 53.6. The molecule has 3 aromatic rings. The minimum Gasteiger partial charge on any atom is -0.464 e. The van der Waals surface area contributed by atoms with Gasteiger partial charge in [-0.25, -0.2) is 15.2 Å². The molecule has 1 aromatic carbocycles. The summed E-state index contributed by atoms with van der Waals surface area (Å²) >= 11 is 1.54. The molecular formula is C57H80N10O7S. The molecule has 0 radical (unpaired) electrons. The van der Waals surface area contributed by atoms with Crippen LogP contribution in [0.25, 0.3) is 27.7 Å². The van der Waals surface area contributed by atoms with Gasteiger partial charge in [0.2, 0.25) is 11.8 Å². The number of aliphatic hydroxyl groups excluding tert-OH is 1. The van der Waals surface area contributed by atoms with Crippen LogP contribution in [-0.4, -0.2) is 190 Å². The van der Waals surface area contributed by atoms with E-state index in [0.717, 1.165) is 78.7 Å². The molecule has 3 N–H and O–H groups in total. The van der Waals surface area contributed by atoms with Gasteiger partial charge in [0.25, 0.3) is 0 Å². The number of hydrogen-bond donors (Lipinski definition) is 3. The number of aromatic nitrogens is 2. The van der Waals surface area contributed by atoms with E-state index in [-0.39, 0.29) is 53.8 Å². The second kappa shape index (κ2) is 21.2. The third-order valence-electron chi connectivity index (χ3n) is 17.6. The van der Waals surface area contributed by atoms with Crippen LogP contribution >= 0.6 is 11.8 Å². The normalized spacial score (nSPS) is 29.6. The van der Waals surface area contributed by atoms with Gasteiger partial charge in [-0.2, -0.15) is 0 Å². The fourth-order valence-corrected chi connectivity index (χ4v) is 14.8. The van der Waals surface area contributed by atoms with E-state index in [9.17, 15) is 24.3 Å². The summed E-state index contributed by atoms with van der Waals surface area (Å²) in [6.07, 6.45) is 10.8. The number of urea groups is 1. The number of fused-ring (bicyclic) bond motifs is 8. The van der Waals surface area contributed by atoms with Gasteiger partial charge < -0.3 is 44.1 Å². The van der Waals surface area contributed by atoms with Crippen molar-refractivity contribution in [3.8, 4) is 11.3 Å². The average molecular weight is 1050 g/mol. The van der Waals surface area contributed by atoms with Crippen molar-refractivity contribution in [1.29, 1.82) is 0 Å². The Balaban J connectivity index is 0.899. The number of amides is 4. The minimum atomic E-state index is -1.08. The lowest BCUT2D eigenvalue weighted by Gasteiger charge is -2.43. The number of ether oxygens (including phenoxy) is 2. The van der Waals surface area contributed by atoms with Crippen molar-refractivity contribution in [1.82, 2.24) is 49.8 Å². The van der Waals surface area contributed by atoms with Crippen molar-refractivity contribution in [2.24, 2.45) is 16.7 Å². The Morgan fingerprint density at radius 3 is 2.53 bits per heavy atom. The van der Waals surface area contributed by atoms with Crippen molar-refractivity contribution in [2.45, 2.75) is 120 Å². The standard InChI is InChI=1S/C57H80N10O7S/c1-10-66-42-20-19-37-31-40(42)44-45(49(73-9)46-39(48(44)66)16-11-24-58-46)55(4,5)35-74-51(70)41-17-13-27-67(60-41)53(71)57(34-63-26-12-15-38(37)32-63)52(75-57)59-50(69)47(36(2)3)62(8)54(72)64-28-21-56(22-29-64)23-30-65(33-56)43(68)18-14-25-61(6)7/h11,14-16,18-20,24,31,36,41,45,47,49,52-53,60,71H,10,12-13,17,21-23,25-30,32-35H2,1-9H3,(H,59,69)/b18-14+/t41-,45?,47-,49-,52?,53?,57?/m0/s1. The van der Waals surface area contributed by atoms with E-state index >= 15 is 0 Å². The molecular weight excluding hydrogens is 969 g/mol. The number of cyclic esters (lactones) is 1. The fraction of sp³-hybridized carbons (Fsp3) is 0.632. The number of methoxy groups -OCH3 is 1. The molecule has 8 heterocycles. The lowest BCUT2D eigenvalue weighted by atomic mass is 9.67. The third kappa shape index (κ3) is 10.1. The van der Waals surface area contributed by atoms with Gasteiger partial charge in [-0.05, 0) is 112 Å². The maximum Gasteiger partial charge on any atom is 0.324 e. The molecule has 2 aromatic heterocycles. The lowest BCUT2D eigenvalue weighted by Crippen LogP contribution is -2.63. The van der Waals surface area contributed by atoms with E-state index in [2.05, 4.69) is 71.3 Å². The number of nitrogens with zero attached hydrogens (tertiary/aromatic N) is 8. The monoisotopic (exact) mass is 1050 g/mol. The smallest absolute Gasteiger partial charge is 0.324 e. The molecule has 6 bridgehead atoms. The highest BCUT2D eigenvalue weighted by atomic mass is 32.2. The Hall–Kier alpha value is -4.82. The van der Waals surface area contributed by atoms with E-state index in [4.69, 9.17) is 14.5 Å². The molecule has 18 heteroatoms. The zero-order valence-corrected chi connectivity index (χ0v) is 46.5. The highest BCUT2D eigenvalue weighted by Crippen LogP contribution is 2.58. The van der Waals surface area contributed by atoms with Gasteiger partial charge in [0, 0.05) is 120 Å². The van der Waals surface area contributed by atoms with Crippen molar-refractivity contribution in [3.05, 3.63) is 71.6 Å². The number of hydrogen-bond acceptors (Lipinski definition) is 13. The first-order chi connectivity index (χ1) is 35.9. The molecule has 0 saturated carbocycles. The number of aryl methyl sites for hydroxylation is 1. The summed E-state index contributed by atoms with van der Waals surface area (Å²) in [6.45, 7) is 16.9. The highest BCUT2D eigenvalue weighted by molar-refractivity contribution is 8.08. The number of carbonyl (C=O) groups is 4. The largest absolute Gasteiger partial charge is 0.464 e. The molecule has 75 heavy (non-hydrogen) atoms. The SMILES string of the molecule is CCn1c2c3c4cc(ccc41)C1=CCCN(C1)CC1(SC1NC(=O)[C@H](C(C)C)N(C)C(=O)N1CCC4(CCN(C(=O)/C=C/CN(C)C)C4)CC1)C(O)N1CCC[C@H](N1)C(=O)OCC(C)(C)C3[C@H](OC)c1ncccc1-2. The Morgan fingerprint density at radius 1 is 1.05 bits per heavy atom. The van der Waals surface area contributed by atoms with E-state index < -0.39 is 33.8 Å². The number of aliphatic hydroxyl groups is 1. The number of pyridine rings is 1. The van der Waals surface area contributed by atoms with Crippen LogP contribution in [0.3, 0.4) is 0 Å². The van der Waals surface area contributed by atoms with Crippen LogP contribution in [0, 0.1) is 16.7 Å². The van der Waals surface area contributed by atoms with Crippen LogP contribution < -0.4 is 10.7 Å². The molecule has 9 atom stereocenters. The molecule has 406 valence electrons. The summed E-state index contributed by atoms with van der Waals surface area (Å²) in [5, 5.41) is 18.5. The van der Waals surface area contributed by atoms with Gasteiger partial charge in [0.05, 0.1) is 23.4 Å². The summed E-state index contributed by atoms with van der Waals surface area (Å²) in [5.74, 6) is -1.01. The summed E-state index contributed by atoms with van der Waals surface area (Å²) in [4.78, 5) is 71.1. The number of likely N-dealkylation sites (tertiary alicyclic amines) is 2. The molecule has 4 saturated heterocycles. The molecule has 6 unspecified atom stereocenters. The van der Waals surface area contributed by atoms with Crippen molar-refractivity contribution < 1.29 is 33.8 Å². The van der Waals surface area contributed by atoms with Crippen molar-refractivity contribution in [2.75, 3.05) is 93.8 Å². The van der Waals surface area contributed by atoms with Crippen LogP contribution in [0.1, 0.15) is 102 Å². The predicted molar refractivity (Wildman–Crippen MR) is 292 cm³/mol. The average Bonchev–Trinajstić information content (AvgIpc) is 3.86. The summed E-state index contributed by atoms with van der Waals surface area (Å²) in [5.41, 5.74) is 10.5. The minimum absolute atomic E-state index is 0.0137. The number of carbonyl (C=O) groups excluding carboxylic acids is 4. The van der Waals surface area contributed by atoms with Gasteiger partial charge in [-0.15, -0.1) is 11.8 Å². The predicted octanol–water partition coefficient (Wildman–Crippen LogP) is 5.90. The van der Waals surface area contributed by atoms with Gasteiger partial charge in [-0.3, -0.25) is 24.3 Å². The van der Waals surface area contributed by atoms with Crippen LogP contribution in [0.2, 0.25) is 0 Å². The maximum absolute atomic E-state index is 14.7. The van der Waals surface area contributed by atoms with Crippen molar-refractivity contribution >= 4 is 52.1 Å². The first-order valence-corrected chi connectivity index (χ1v) is 28.3. The number of benzene rings is 1. The maximum atomic E-state index is 14.7. The Morgan fingerprint density at radius 2 is 1.81 bits per heavy atom. The molecule has 17 nitrogen and oxygen atoms in total. The van der Waals surface area contributed by atoms with E-state index in [1.807, 2.05) is 61.0 Å². The molecule has 6 aliphatic heterocycles. The molecule has 2 spiro atoms. The summed E-state index contributed by atoms with van der Waals surface area (Å²) in [7, 11) is 7.42. The molecule has 1 aliphatic carbocycles. The Kier molecular flexibility index (Phi) is 15.1. The summed E-state index contributed by atoms with van der Waals surface area (Å²) in [6, 6.07) is 9.32. The number of rotatable bonds is 9. The number of esters is 1. The molecule has 4 fully saturated rings. The van der Waals surface area contributed by atoms with E-state index in [0.29, 0.717) is 58.7 Å². The van der Waals surface area contributed by atoms with E-state index in [1.165, 1.54) is 22.9 Å². The third-order valence-corrected chi connectivity index (χ3v) is 19.1. The number of hydrazine groups is 1. The van der Waals surface area contributed by atoms with Crippen LogP contribution in [0.5, 0.6) is 0 Å². The Labute approximate surface area is 447 Å². The highest BCUT2D eigenvalue weighted by Gasteiger charge is 2.64. The van der Waals surface area contributed by atoms with Gasteiger partial charge in [0.1, 0.15) is 29.2 Å². The van der Waals surface area contributed by atoms with Crippen LogP contribution in [0.15, 0.2) is 54.8 Å². The van der Waals surface area contributed by atoms with Gasteiger partial charge >= 0.3 is 12.0 Å². The fourth-order valence-electron chi connectivity index (χ4n) is 13.5.